The van der Waals surface area contributed by atoms with Gasteiger partial charge in [-0.1, -0.05) is 30.3 Å². The first kappa shape index (κ1) is 17.6. The molecule has 124 valence electrons. The molecule has 0 radical (unpaired) electrons. The molecule has 0 fully saturated rings. The van der Waals surface area contributed by atoms with Crippen molar-refractivity contribution in [1.29, 1.82) is 0 Å². The van der Waals surface area contributed by atoms with Crippen LogP contribution in [0.5, 0.6) is 0 Å². The molecule has 0 aromatic heterocycles. The summed E-state index contributed by atoms with van der Waals surface area (Å²) in [6, 6.07) is 13.2. The average Bonchev–Trinajstić information content (AvgIpc) is 2.54. The number of nitrogens with zero attached hydrogens (tertiary/aromatic N) is 1. The summed E-state index contributed by atoms with van der Waals surface area (Å²) < 4.78 is 40.5. The van der Waals surface area contributed by atoms with E-state index in [1.54, 1.807) is 6.92 Å². The van der Waals surface area contributed by atoms with Gasteiger partial charge in [0, 0.05) is 13.1 Å². The van der Waals surface area contributed by atoms with Crippen molar-refractivity contribution in [1.82, 2.24) is 4.31 Å². The van der Waals surface area contributed by atoms with Gasteiger partial charge >= 0.3 is 0 Å². The maximum atomic E-state index is 13.4. The minimum atomic E-state index is -3.70. The summed E-state index contributed by atoms with van der Waals surface area (Å²) in [7, 11) is -3.70. The van der Waals surface area contributed by atoms with E-state index in [4.69, 9.17) is 5.73 Å². The van der Waals surface area contributed by atoms with E-state index in [0.29, 0.717) is 25.1 Å². The predicted octanol–water partition coefficient (Wildman–Crippen LogP) is 2.67. The third-order valence-electron chi connectivity index (χ3n) is 3.58. The minimum Gasteiger partial charge on any atom is -0.330 e. The van der Waals surface area contributed by atoms with Gasteiger partial charge in [-0.2, -0.15) is 4.31 Å². The van der Waals surface area contributed by atoms with E-state index in [9.17, 15) is 12.8 Å². The fourth-order valence-electron chi connectivity index (χ4n) is 2.27. The van der Waals surface area contributed by atoms with Gasteiger partial charge in [0.25, 0.3) is 0 Å². The number of halogens is 1. The molecule has 0 aliphatic rings. The van der Waals surface area contributed by atoms with Crippen LogP contribution in [-0.4, -0.2) is 25.8 Å². The quantitative estimate of drug-likeness (QED) is 0.845. The van der Waals surface area contributed by atoms with Crippen molar-refractivity contribution < 1.29 is 12.8 Å². The fourth-order valence-corrected chi connectivity index (χ4v) is 3.82. The van der Waals surface area contributed by atoms with E-state index in [2.05, 4.69) is 0 Å². The molecule has 0 aliphatic heterocycles. The van der Waals surface area contributed by atoms with Crippen molar-refractivity contribution in [3.63, 3.8) is 0 Å². The van der Waals surface area contributed by atoms with Crippen LogP contribution in [0.1, 0.15) is 17.5 Å². The monoisotopic (exact) mass is 336 g/mol. The molecule has 0 spiro atoms. The maximum Gasteiger partial charge on any atom is 0.243 e. The molecule has 0 amide bonds. The van der Waals surface area contributed by atoms with E-state index >= 15 is 0 Å². The van der Waals surface area contributed by atoms with E-state index in [-0.39, 0.29) is 11.4 Å². The van der Waals surface area contributed by atoms with Crippen LogP contribution in [0, 0.1) is 12.7 Å². The third-order valence-corrected chi connectivity index (χ3v) is 5.42. The Morgan fingerprint density at radius 2 is 1.83 bits per heavy atom. The van der Waals surface area contributed by atoms with Crippen LogP contribution in [-0.2, 0) is 16.6 Å². The number of nitrogens with two attached hydrogens (primary N) is 1. The molecule has 0 aliphatic carbocycles. The Morgan fingerprint density at radius 1 is 1.13 bits per heavy atom. The summed E-state index contributed by atoms with van der Waals surface area (Å²) in [6.45, 7) is 2.54. The highest BCUT2D eigenvalue weighted by atomic mass is 32.2. The lowest BCUT2D eigenvalue weighted by Gasteiger charge is -2.22. The van der Waals surface area contributed by atoms with Gasteiger partial charge in [-0.3, -0.25) is 0 Å². The average molecular weight is 336 g/mol. The van der Waals surface area contributed by atoms with Crippen LogP contribution >= 0.6 is 0 Å². The Balaban J connectivity index is 2.34. The normalized spacial score (nSPS) is 11.8. The lowest BCUT2D eigenvalue weighted by molar-refractivity contribution is 0.401. The van der Waals surface area contributed by atoms with Crippen molar-refractivity contribution in [2.24, 2.45) is 5.73 Å². The van der Waals surface area contributed by atoms with Crippen LogP contribution < -0.4 is 5.73 Å². The fraction of sp³-hybridized carbons (Fsp3) is 0.294. The van der Waals surface area contributed by atoms with Crippen LogP contribution in [0.4, 0.5) is 4.39 Å². The lowest BCUT2D eigenvalue weighted by Crippen LogP contribution is -2.32. The number of hydrogen-bond acceptors (Lipinski definition) is 3. The van der Waals surface area contributed by atoms with Gasteiger partial charge < -0.3 is 5.73 Å². The number of benzene rings is 2. The van der Waals surface area contributed by atoms with Gasteiger partial charge in [0.15, 0.2) is 0 Å². The van der Waals surface area contributed by atoms with Gasteiger partial charge in [-0.05, 0) is 49.2 Å². The molecule has 2 N–H and O–H groups in total. The molecular formula is C17H21FN2O2S. The van der Waals surface area contributed by atoms with Crippen molar-refractivity contribution in [2.75, 3.05) is 13.1 Å². The maximum absolute atomic E-state index is 13.4. The smallest absolute Gasteiger partial charge is 0.243 e. The van der Waals surface area contributed by atoms with Gasteiger partial charge in [-0.25, -0.2) is 12.8 Å². The van der Waals surface area contributed by atoms with Gasteiger partial charge in [0.2, 0.25) is 10.0 Å². The molecule has 2 rings (SSSR count). The van der Waals surface area contributed by atoms with E-state index in [0.717, 1.165) is 5.56 Å². The van der Waals surface area contributed by atoms with Crippen molar-refractivity contribution in [3.8, 4) is 0 Å². The standard InChI is InChI=1S/C17H21FN2O2S/c1-14-12-16(8-9-17(14)18)23(21,22)20(11-5-10-19)13-15-6-3-2-4-7-15/h2-4,6-9,12H,5,10-11,13,19H2,1H3. The largest absolute Gasteiger partial charge is 0.330 e. The number of rotatable bonds is 7. The lowest BCUT2D eigenvalue weighted by atomic mass is 10.2. The first-order valence-electron chi connectivity index (χ1n) is 7.45. The molecule has 0 saturated carbocycles. The molecule has 4 nitrogen and oxygen atoms in total. The zero-order chi connectivity index (χ0) is 16.9. The second-order valence-corrected chi connectivity index (χ2v) is 7.32. The highest BCUT2D eigenvalue weighted by molar-refractivity contribution is 7.89. The Morgan fingerprint density at radius 3 is 2.43 bits per heavy atom. The summed E-state index contributed by atoms with van der Waals surface area (Å²) in [5.74, 6) is -0.416. The summed E-state index contributed by atoms with van der Waals surface area (Å²) in [6.07, 6.45) is 0.562. The Hall–Kier alpha value is -1.76. The van der Waals surface area contributed by atoms with Crippen molar-refractivity contribution in [3.05, 3.63) is 65.5 Å². The predicted molar refractivity (Wildman–Crippen MR) is 88.8 cm³/mol. The molecule has 23 heavy (non-hydrogen) atoms. The number of sulfonamides is 1. The summed E-state index contributed by atoms with van der Waals surface area (Å²) >= 11 is 0. The number of hydrogen-bond donors (Lipinski definition) is 1. The zero-order valence-electron chi connectivity index (χ0n) is 13.1. The molecule has 0 unspecified atom stereocenters. The Bertz CT molecular complexity index is 748. The molecule has 2 aromatic rings. The zero-order valence-corrected chi connectivity index (χ0v) is 13.9. The van der Waals surface area contributed by atoms with Crippen LogP contribution in [0.2, 0.25) is 0 Å². The molecule has 0 saturated heterocycles. The van der Waals surface area contributed by atoms with Crippen molar-refractivity contribution in [2.45, 2.75) is 24.8 Å². The van der Waals surface area contributed by atoms with Crippen LogP contribution in [0.25, 0.3) is 0 Å². The second-order valence-electron chi connectivity index (χ2n) is 5.38. The topological polar surface area (TPSA) is 63.4 Å². The molecule has 0 heterocycles. The Kier molecular flexibility index (Phi) is 5.87. The SMILES string of the molecule is Cc1cc(S(=O)(=O)N(CCCN)Cc2ccccc2)ccc1F. The Labute approximate surface area is 136 Å². The molecule has 0 bridgehead atoms. The van der Waals surface area contributed by atoms with Crippen LogP contribution in [0.15, 0.2) is 53.4 Å². The van der Waals surface area contributed by atoms with Gasteiger partial charge in [0.1, 0.15) is 5.82 Å². The van der Waals surface area contributed by atoms with Crippen molar-refractivity contribution >= 4 is 10.0 Å². The number of aryl methyl sites for hydroxylation is 1. The third kappa shape index (κ3) is 4.37. The first-order valence-corrected chi connectivity index (χ1v) is 8.89. The minimum absolute atomic E-state index is 0.101. The summed E-state index contributed by atoms with van der Waals surface area (Å²) in [4.78, 5) is 0.101. The van der Waals surface area contributed by atoms with Gasteiger partial charge in [0.05, 0.1) is 4.90 Å². The summed E-state index contributed by atoms with van der Waals surface area (Å²) in [5.41, 5.74) is 6.73. The summed E-state index contributed by atoms with van der Waals surface area (Å²) in [5, 5.41) is 0. The molecule has 0 atom stereocenters. The van der Waals surface area contributed by atoms with Crippen LogP contribution in [0.3, 0.4) is 0 Å². The highest BCUT2D eigenvalue weighted by Crippen LogP contribution is 2.21. The van der Waals surface area contributed by atoms with E-state index < -0.39 is 15.8 Å². The van der Waals surface area contributed by atoms with Gasteiger partial charge in [-0.15, -0.1) is 0 Å². The van der Waals surface area contributed by atoms with E-state index in [1.807, 2.05) is 30.3 Å². The first-order chi connectivity index (χ1) is 10.9. The molecule has 2 aromatic carbocycles. The van der Waals surface area contributed by atoms with E-state index in [1.165, 1.54) is 22.5 Å². The molecular weight excluding hydrogens is 315 g/mol. The highest BCUT2D eigenvalue weighted by Gasteiger charge is 2.24. The second kappa shape index (κ2) is 7.68. The molecule has 6 heteroatoms.